The highest BCUT2D eigenvalue weighted by atomic mass is 16.3. The normalized spacial score (nSPS) is 13.6. The molecule has 0 aliphatic carbocycles. The molecule has 1 aliphatic heterocycles. The number of hydrogen-bond acceptors (Lipinski definition) is 5. The van der Waals surface area contributed by atoms with E-state index in [1.165, 1.54) is 0 Å². The van der Waals surface area contributed by atoms with Crippen LogP contribution in [0.4, 0.5) is 0 Å². The van der Waals surface area contributed by atoms with E-state index in [2.05, 4.69) is 15.0 Å². The molecule has 0 N–H and O–H groups in total. The Morgan fingerprint density at radius 2 is 2.17 bits per heavy atom. The van der Waals surface area contributed by atoms with Crippen LogP contribution in [-0.4, -0.2) is 32.3 Å². The SMILES string of the molecule is Cc1ccc(C(=O)N2CCc3ncnc(-c4cccnc4)c3C2)o1. The first-order valence-corrected chi connectivity index (χ1v) is 7.81. The van der Waals surface area contributed by atoms with E-state index < -0.39 is 0 Å². The van der Waals surface area contributed by atoms with Gasteiger partial charge in [0.05, 0.1) is 17.9 Å². The van der Waals surface area contributed by atoms with Gasteiger partial charge in [-0.2, -0.15) is 0 Å². The summed E-state index contributed by atoms with van der Waals surface area (Å²) in [6, 6.07) is 7.36. The average molecular weight is 320 g/mol. The van der Waals surface area contributed by atoms with E-state index >= 15 is 0 Å². The van der Waals surface area contributed by atoms with Crippen molar-refractivity contribution < 1.29 is 9.21 Å². The molecule has 0 radical (unpaired) electrons. The lowest BCUT2D eigenvalue weighted by Gasteiger charge is -2.28. The maximum Gasteiger partial charge on any atom is 0.289 e. The quantitative estimate of drug-likeness (QED) is 0.726. The number of rotatable bonds is 2. The van der Waals surface area contributed by atoms with E-state index in [1.807, 2.05) is 19.1 Å². The minimum absolute atomic E-state index is 0.102. The van der Waals surface area contributed by atoms with Crippen LogP contribution < -0.4 is 0 Å². The van der Waals surface area contributed by atoms with Crippen LogP contribution in [0.2, 0.25) is 0 Å². The molecule has 0 bridgehead atoms. The number of carbonyl (C=O) groups is 1. The van der Waals surface area contributed by atoms with Gasteiger partial charge in [0, 0.05) is 36.5 Å². The van der Waals surface area contributed by atoms with Gasteiger partial charge in [0.15, 0.2) is 5.76 Å². The molecule has 0 atom stereocenters. The number of aromatic nitrogens is 3. The second-order valence-corrected chi connectivity index (χ2v) is 5.78. The van der Waals surface area contributed by atoms with Gasteiger partial charge >= 0.3 is 0 Å². The Hall–Kier alpha value is -3.02. The second kappa shape index (κ2) is 5.88. The van der Waals surface area contributed by atoms with Crippen molar-refractivity contribution in [1.82, 2.24) is 19.9 Å². The Balaban J connectivity index is 1.68. The Morgan fingerprint density at radius 1 is 1.25 bits per heavy atom. The van der Waals surface area contributed by atoms with Gasteiger partial charge in [-0.05, 0) is 31.2 Å². The molecule has 0 saturated carbocycles. The zero-order chi connectivity index (χ0) is 16.5. The minimum atomic E-state index is -0.102. The highest BCUT2D eigenvalue weighted by molar-refractivity contribution is 5.91. The number of carbonyl (C=O) groups excluding carboxylic acids is 1. The zero-order valence-electron chi connectivity index (χ0n) is 13.3. The van der Waals surface area contributed by atoms with Gasteiger partial charge in [0.25, 0.3) is 5.91 Å². The molecule has 0 aromatic carbocycles. The van der Waals surface area contributed by atoms with Crippen molar-refractivity contribution in [3.05, 3.63) is 65.8 Å². The van der Waals surface area contributed by atoms with Crippen molar-refractivity contribution in [3.63, 3.8) is 0 Å². The molecule has 0 saturated heterocycles. The van der Waals surface area contributed by atoms with E-state index in [4.69, 9.17) is 4.42 Å². The van der Waals surface area contributed by atoms with Gasteiger partial charge in [0.2, 0.25) is 0 Å². The zero-order valence-corrected chi connectivity index (χ0v) is 13.3. The number of nitrogens with zero attached hydrogens (tertiary/aromatic N) is 4. The molecule has 6 heteroatoms. The summed E-state index contributed by atoms with van der Waals surface area (Å²) in [5.41, 5.74) is 3.73. The third-order valence-corrected chi connectivity index (χ3v) is 4.18. The van der Waals surface area contributed by atoms with Crippen molar-refractivity contribution in [1.29, 1.82) is 0 Å². The van der Waals surface area contributed by atoms with Crippen molar-refractivity contribution in [2.75, 3.05) is 6.54 Å². The van der Waals surface area contributed by atoms with Crippen LogP contribution in [-0.2, 0) is 13.0 Å². The van der Waals surface area contributed by atoms with Gasteiger partial charge < -0.3 is 9.32 Å². The molecule has 0 spiro atoms. The molecule has 3 aromatic rings. The number of fused-ring (bicyclic) bond motifs is 1. The minimum Gasteiger partial charge on any atom is -0.456 e. The van der Waals surface area contributed by atoms with Gasteiger partial charge in [0.1, 0.15) is 12.1 Å². The van der Waals surface area contributed by atoms with Crippen LogP contribution in [0.1, 0.15) is 27.6 Å². The first-order chi connectivity index (χ1) is 11.7. The van der Waals surface area contributed by atoms with Crippen molar-refractivity contribution >= 4 is 5.91 Å². The van der Waals surface area contributed by atoms with Crippen molar-refractivity contribution in [3.8, 4) is 11.3 Å². The summed E-state index contributed by atoms with van der Waals surface area (Å²) in [7, 11) is 0. The molecule has 0 fully saturated rings. The topological polar surface area (TPSA) is 72.1 Å². The first kappa shape index (κ1) is 14.6. The Bertz CT molecular complexity index is 889. The maximum absolute atomic E-state index is 12.6. The molecule has 3 aromatic heterocycles. The van der Waals surface area contributed by atoms with E-state index in [0.717, 1.165) is 28.3 Å². The number of hydrogen-bond donors (Lipinski definition) is 0. The number of amides is 1. The van der Waals surface area contributed by atoms with Crippen LogP contribution in [0.25, 0.3) is 11.3 Å². The van der Waals surface area contributed by atoms with Crippen molar-refractivity contribution in [2.24, 2.45) is 0 Å². The first-order valence-electron chi connectivity index (χ1n) is 7.81. The van der Waals surface area contributed by atoms with Crippen molar-refractivity contribution in [2.45, 2.75) is 19.9 Å². The lowest BCUT2D eigenvalue weighted by atomic mass is 10.00. The summed E-state index contributed by atoms with van der Waals surface area (Å²) in [5, 5.41) is 0. The van der Waals surface area contributed by atoms with E-state index in [0.29, 0.717) is 25.3 Å². The van der Waals surface area contributed by atoms with E-state index in [1.54, 1.807) is 35.8 Å². The highest BCUT2D eigenvalue weighted by Gasteiger charge is 2.27. The Morgan fingerprint density at radius 3 is 2.92 bits per heavy atom. The highest BCUT2D eigenvalue weighted by Crippen LogP contribution is 2.27. The fraction of sp³-hybridized carbons (Fsp3) is 0.222. The van der Waals surface area contributed by atoms with E-state index in [-0.39, 0.29) is 5.91 Å². The lowest BCUT2D eigenvalue weighted by molar-refractivity contribution is 0.0700. The third kappa shape index (κ3) is 2.56. The predicted molar refractivity (Wildman–Crippen MR) is 87.2 cm³/mol. The molecule has 4 heterocycles. The van der Waals surface area contributed by atoms with Crippen LogP contribution in [0.5, 0.6) is 0 Å². The Labute approximate surface area is 139 Å². The second-order valence-electron chi connectivity index (χ2n) is 5.78. The van der Waals surface area contributed by atoms with Crippen LogP contribution in [0.15, 0.2) is 47.4 Å². The fourth-order valence-electron chi connectivity index (χ4n) is 2.97. The number of pyridine rings is 1. The smallest absolute Gasteiger partial charge is 0.289 e. The largest absolute Gasteiger partial charge is 0.456 e. The summed E-state index contributed by atoms with van der Waals surface area (Å²) in [5.74, 6) is 1.00. The number of furan rings is 1. The summed E-state index contributed by atoms with van der Waals surface area (Å²) in [6.07, 6.45) is 5.79. The average Bonchev–Trinajstić information content (AvgIpc) is 3.07. The fourth-order valence-corrected chi connectivity index (χ4v) is 2.97. The third-order valence-electron chi connectivity index (χ3n) is 4.18. The summed E-state index contributed by atoms with van der Waals surface area (Å²) < 4.78 is 5.47. The summed E-state index contributed by atoms with van der Waals surface area (Å²) in [4.78, 5) is 27.4. The maximum atomic E-state index is 12.6. The van der Waals surface area contributed by atoms with Gasteiger partial charge in [-0.25, -0.2) is 9.97 Å². The molecule has 6 nitrogen and oxygen atoms in total. The molecular weight excluding hydrogens is 304 g/mol. The van der Waals surface area contributed by atoms with Crippen LogP contribution in [0, 0.1) is 6.92 Å². The van der Waals surface area contributed by atoms with Gasteiger partial charge in [-0.1, -0.05) is 0 Å². The summed E-state index contributed by atoms with van der Waals surface area (Å²) >= 11 is 0. The standard InChI is InChI=1S/C18H16N4O2/c1-12-4-5-16(24-12)18(23)22-8-6-15-14(10-22)17(21-11-20-15)13-3-2-7-19-9-13/h2-5,7,9,11H,6,8,10H2,1H3. The predicted octanol–water partition coefficient (Wildman–Crippen LogP) is 2.64. The monoisotopic (exact) mass is 320 g/mol. The van der Waals surface area contributed by atoms with Gasteiger partial charge in [-0.3, -0.25) is 9.78 Å². The number of aryl methyl sites for hydroxylation is 1. The molecule has 4 rings (SSSR count). The molecular formula is C18H16N4O2. The molecule has 120 valence electrons. The summed E-state index contributed by atoms with van der Waals surface area (Å²) in [6.45, 7) is 2.92. The van der Waals surface area contributed by atoms with E-state index in [9.17, 15) is 4.79 Å². The molecule has 1 aliphatic rings. The molecule has 1 amide bonds. The van der Waals surface area contributed by atoms with Crippen LogP contribution >= 0.6 is 0 Å². The Kier molecular flexibility index (Phi) is 3.57. The molecule has 0 unspecified atom stereocenters. The van der Waals surface area contributed by atoms with Gasteiger partial charge in [-0.15, -0.1) is 0 Å². The lowest BCUT2D eigenvalue weighted by Crippen LogP contribution is -2.36. The van der Waals surface area contributed by atoms with Crippen LogP contribution in [0.3, 0.4) is 0 Å². The molecule has 24 heavy (non-hydrogen) atoms.